The number of aromatic nitrogens is 1. The van der Waals surface area contributed by atoms with E-state index in [9.17, 15) is 8.42 Å². The molecule has 4 rings (SSSR count). The Kier molecular flexibility index (Phi) is 7.19. The van der Waals surface area contributed by atoms with Crippen LogP contribution >= 0.6 is 15.9 Å². The van der Waals surface area contributed by atoms with Gasteiger partial charge in [-0.15, -0.1) is 0 Å². The highest BCUT2D eigenvalue weighted by Crippen LogP contribution is 2.37. The Hall–Kier alpha value is -1.87. The molecule has 0 N–H and O–H groups in total. The van der Waals surface area contributed by atoms with Crippen LogP contribution in [-0.2, 0) is 16.6 Å². The van der Waals surface area contributed by atoms with Gasteiger partial charge in [0, 0.05) is 42.6 Å². The van der Waals surface area contributed by atoms with Crippen molar-refractivity contribution in [2.24, 2.45) is 0 Å². The summed E-state index contributed by atoms with van der Waals surface area (Å²) < 4.78 is 35.9. The normalized spacial score (nSPS) is 16.1. The first-order valence-corrected chi connectivity index (χ1v) is 13.7. The molecule has 1 aliphatic rings. The van der Waals surface area contributed by atoms with E-state index in [1.165, 1.54) is 3.97 Å². The van der Waals surface area contributed by atoms with Crippen molar-refractivity contribution in [3.8, 4) is 5.75 Å². The molecule has 0 bridgehead atoms. The maximum atomic E-state index is 14.0. The number of halogens is 1. The van der Waals surface area contributed by atoms with E-state index in [0.717, 1.165) is 53.0 Å². The van der Waals surface area contributed by atoms with E-state index in [0.29, 0.717) is 29.5 Å². The largest absolute Gasteiger partial charge is 0.494 e. The summed E-state index contributed by atoms with van der Waals surface area (Å²) >= 11 is 3.74. The zero-order valence-corrected chi connectivity index (χ0v) is 22.1. The number of likely N-dealkylation sites (N-methyl/N-ethyl adjacent to an activating group) is 1. The first-order chi connectivity index (χ1) is 15.7. The Bertz CT molecular complexity index is 1230. The zero-order valence-electron chi connectivity index (χ0n) is 19.7. The second-order valence-corrected chi connectivity index (χ2v) is 11.5. The fraction of sp³-hybridized carbons (Fsp3) is 0.440. The van der Waals surface area contributed by atoms with E-state index in [-0.39, 0.29) is 0 Å². The van der Waals surface area contributed by atoms with E-state index in [1.54, 1.807) is 12.1 Å². The van der Waals surface area contributed by atoms with E-state index in [2.05, 4.69) is 46.6 Å². The van der Waals surface area contributed by atoms with Crippen LogP contribution in [0.25, 0.3) is 10.9 Å². The lowest BCUT2D eigenvalue weighted by Crippen LogP contribution is -2.44. The highest BCUT2D eigenvalue weighted by atomic mass is 79.9. The molecule has 2 aromatic carbocycles. The van der Waals surface area contributed by atoms with Crippen molar-refractivity contribution in [3.63, 3.8) is 0 Å². The second kappa shape index (κ2) is 9.78. The van der Waals surface area contributed by atoms with Gasteiger partial charge in [-0.25, -0.2) is 12.4 Å². The molecule has 0 radical (unpaired) electrons. The van der Waals surface area contributed by atoms with Gasteiger partial charge in [0.1, 0.15) is 5.75 Å². The molecule has 0 unspecified atom stereocenters. The maximum absolute atomic E-state index is 14.0. The SMILES string of the molecule is CCOc1ccc2c(c1)c(Br)c(CN1CCN(C)CC1)n2S(=O)(=O)c1ccc(C(C)C)cc1. The molecule has 1 fully saturated rings. The fourth-order valence-corrected chi connectivity index (χ4v) is 6.56. The average molecular weight is 535 g/mol. The van der Waals surface area contributed by atoms with Gasteiger partial charge in [0.15, 0.2) is 0 Å². The number of rotatable bonds is 7. The Morgan fingerprint density at radius 3 is 2.30 bits per heavy atom. The minimum absolute atomic E-state index is 0.296. The zero-order chi connectivity index (χ0) is 23.8. The average Bonchev–Trinajstić information content (AvgIpc) is 3.07. The second-order valence-electron chi connectivity index (χ2n) is 8.95. The van der Waals surface area contributed by atoms with Gasteiger partial charge in [-0.3, -0.25) is 4.90 Å². The molecule has 178 valence electrons. The first-order valence-electron chi connectivity index (χ1n) is 11.4. The Labute approximate surface area is 205 Å². The molecule has 1 saturated heterocycles. The Morgan fingerprint density at radius 2 is 1.70 bits per heavy atom. The molecule has 0 amide bonds. The summed E-state index contributed by atoms with van der Waals surface area (Å²) in [6, 6.07) is 12.9. The van der Waals surface area contributed by atoms with Crippen molar-refractivity contribution in [1.29, 1.82) is 0 Å². The Balaban J connectivity index is 1.85. The van der Waals surface area contributed by atoms with E-state index < -0.39 is 10.0 Å². The van der Waals surface area contributed by atoms with Gasteiger partial charge in [-0.05, 0) is 71.7 Å². The summed E-state index contributed by atoms with van der Waals surface area (Å²) in [6.45, 7) is 11.0. The summed E-state index contributed by atoms with van der Waals surface area (Å²) in [7, 11) is -1.68. The number of piperazine rings is 1. The van der Waals surface area contributed by atoms with Crippen molar-refractivity contribution < 1.29 is 13.2 Å². The molecular weight excluding hydrogens is 502 g/mol. The monoisotopic (exact) mass is 533 g/mol. The topological polar surface area (TPSA) is 54.8 Å². The molecule has 0 spiro atoms. The van der Waals surface area contributed by atoms with Crippen LogP contribution in [0.4, 0.5) is 0 Å². The quantitative estimate of drug-likeness (QED) is 0.431. The molecule has 8 heteroatoms. The van der Waals surface area contributed by atoms with Crippen molar-refractivity contribution >= 4 is 36.9 Å². The predicted octanol–water partition coefficient (Wildman–Crippen LogP) is 4.91. The minimum atomic E-state index is -3.80. The molecular formula is C25H32BrN3O3S. The minimum Gasteiger partial charge on any atom is -0.494 e. The third-order valence-corrected chi connectivity index (χ3v) is 8.94. The van der Waals surface area contributed by atoms with Crippen LogP contribution in [0.3, 0.4) is 0 Å². The van der Waals surface area contributed by atoms with Crippen LogP contribution in [0.2, 0.25) is 0 Å². The third-order valence-electron chi connectivity index (χ3n) is 6.29. The summed E-state index contributed by atoms with van der Waals surface area (Å²) in [5.74, 6) is 1.07. The van der Waals surface area contributed by atoms with Crippen LogP contribution in [0.1, 0.15) is 37.9 Å². The highest BCUT2D eigenvalue weighted by Gasteiger charge is 2.28. The summed E-state index contributed by atoms with van der Waals surface area (Å²) in [5.41, 5.74) is 2.52. The van der Waals surface area contributed by atoms with Crippen molar-refractivity contribution in [1.82, 2.24) is 13.8 Å². The van der Waals surface area contributed by atoms with Gasteiger partial charge in [-0.2, -0.15) is 0 Å². The molecule has 6 nitrogen and oxygen atoms in total. The molecule has 3 aromatic rings. The van der Waals surface area contributed by atoms with Crippen molar-refractivity contribution in [2.45, 2.75) is 38.1 Å². The standard InChI is InChI=1S/C25H32BrN3O3S/c1-5-32-20-8-11-23-22(16-20)25(26)24(17-28-14-12-27(4)13-15-28)29(23)33(30,31)21-9-6-19(7-10-21)18(2)3/h6-11,16,18H,5,12-15,17H2,1-4H3. The molecule has 2 heterocycles. The van der Waals surface area contributed by atoms with Gasteiger partial charge in [0.2, 0.25) is 0 Å². The lowest BCUT2D eigenvalue weighted by atomic mass is 10.0. The van der Waals surface area contributed by atoms with Crippen LogP contribution < -0.4 is 4.74 Å². The van der Waals surface area contributed by atoms with E-state index >= 15 is 0 Å². The van der Waals surface area contributed by atoms with Gasteiger partial charge in [0.25, 0.3) is 10.0 Å². The van der Waals surface area contributed by atoms with Crippen LogP contribution in [0.15, 0.2) is 51.8 Å². The van der Waals surface area contributed by atoms with Gasteiger partial charge in [-0.1, -0.05) is 26.0 Å². The molecule has 1 aromatic heterocycles. The maximum Gasteiger partial charge on any atom is 0.268 e. The Morgan fingerprint density at radius 1 is 1.03 bits per heavy atom. The van der Waals surface area contributed by atoms with E-state index in [1.807, 2.05) is 37.3 Å². The number of nitrogens with zero attached hydrogens (tertiary/aromatic N) is 3. The van der Waals surface area contributed by atoms with E-state index in [4.69, 9.17) is 4.74 Å². The first kappa shape index (κ1) is 24.3. The fourth-order valence-electron chi connectivity index (χ4n) is 4.27. The number of hydrogen-bond donors (Lipinski definition) is 0. The van der Waals surface area contributed by atoms with Crippen molar-refractivity contribution in [2.75, 3.05) is 39.8 Å². The molecule has 33 heavy (non-hydrogen) atoms. The number of fused-ring (bicyclic) bond motifs is 1. The number of hydrogen-bond acceptors (Lipinski definition) is 5. The summed E-state index contributed by atoms with van der Waals surface area (Å²) in [4.78, 5) is 4.91. The number of benzene rings is 2. The number of ether oxygens (including phenoxy) is 1. The van der Waals surface area contributed by atoms with Crippen LogP contribution in [-0.4, -0.2) is 62.0 Å². The predicted molar refractivity (Wildman–Crippen MR) is 137 cm³/mol. The molecule has 0 aliphatic carbocycles. The lowest BCUT2D eigenvalue weighted by Gasteiger charge is -2.32. The lowest BCUT2D eigenvalue weighted by molar-refractivity contribution is 0.146. The van der Waals surface area contributed by atoms with Gasteiger partial charge in [0.05, 0.1) is 22.7 Å². The van der Waals surface area contributed by atoms with Crippen LogP contribution in [0.5, 0.6) is 5.75 Å². The summed E-state index contributed by atoms with van der Waals surface area (Å²) in [5, 5.41) is 0.840. The highest BCUT2D eigenvalue weighted by molar-refractivity contribution is 9.10. The molecule has 0 atom stereocenters. The van der Waals surface area contributed by atoms with Gasteiger partial charge < -0.3 is 9.64 Å². The van der Waals surface area contributed by atoms with Crippen molar-refractivity contribution in [3.05, 3.63) is 58.2 Å². The third kappa shape index (κ3) is 4.85. The molecule has 0 saturated carbocycles. The molecule has 1 aliphatic heterocycles. The summed E-state index contributed by atoms with van der Waals surface area (Å²) in [6.07, 6.45) is 0. The smallest absolute Gasteiger partial charge is 0.268 e. The van der Waals surface area contributed by atoms with Gasteiger partial charge >= 0.3 is 0 Å². The van der Waals surface area contributed by atoms with Crippen LogP contribution in [0, 0.1) is 0 Å².